The molecule has 4 rings (SSSR count). The van der Waals surface area contributed by atoms with E-state index in [0.29, 0.717) is 24.9 Å². The molecule has 7 nitrogen and oxygen atoms in total. The lowest BCUT2D eigenvalue weighted by atomic mass is 9.93. The maximum Gasteiger partial charge on any atom is 0.410 e. The van der Waals surface area contributed by atoms with Crippen molar-refractivity contribution in [3.05, 3.63) is 65.5 Å². The van der Waals surface area contributed by atoms with Crippen LogP contribution in [0.25, 0.3) is 0 Å². The van der Waals surface area contributed by atoms with Crippen LogP contribution in [0.3, 0.4) is 0 Å². The Morgan fingerprint density at radius 2 is 1.72 bits per heavy atom. The van der Waals surface area contributed by atoms with E-state index in [-0.39, 0.29) is 17.6 Å². The molecule has 2 atom stereocenters. The van der Waals surface area contributed by atoms with Crippen LogP contribution in [-0.4, -0.2) is 47.0 Å². The third-order valence-electron chi connectivity index (χ3n) is 7.43. The third-order valence-corrected chi connectivity index (χ3v) is 7.43. The van der Waals surface area contributed by atoms with E-state index in [2.05, 4.69) is 5.32 Å². The molecule has 0 bridgehead atoms. The van der Waals surface area contributed by atoms with Crippen molar-refractivity contribution < 1.29 is 23.5 Å². The summed E-state index contributed by atoms with van der Waals surface area (Å²) in [5.74, 6) is -1.26. The van der Waals surface area contributed by atoms with E-state index >= 15 is 0 Å². The van der Waals surface area contributed by atoms with Crippen molar-refractivity contribution in [3.63, 3.8) is 0 Å². The molecule has 1 aliphatic carbocycles. The number of carbonyl (C=O) groups excluding carboxylic acids is 3. The number of amides is 3. The van der Waals surface area contributed by atoms with Crippen LogP contribution < -0.4 is 10.2 Å². The molecule has 210 valence electrons. The van der Waals surface area contributed by atoms with Gasteiger partial charge >= 0.3 is 6.09 Å². The number of halogens is 1. The number of nitrogens with zero attached hydrogens (tertiary/aromatic N) is 2. The minimum absolute atomic E-state index is 0.0203. The molecule has 0 spiro atoms. The van der Waals surface area contributed by atoms with Crippen LogP contribution in [0.1, 0.15) is 82.9 Å². The third kappa shape index (κ3) is 6.97. The number of hydrogen-bond donors (Lipinski definition) is 1. The first-order chi connectivity index (χ1) is 18.5. The van der Waals surface area contributed by atoms with Crippen molar-refractivity contribution in [1.82, 2.24) is 10.2 Å². The summed E-state index contributed by atoms with van der Waals surface area (Å²) in [4.78, 5) is 44.4. The van der Waals surface area contributed by atoms with Crippen LogP contribution in [0.4, 0.5) is 14.9 Å². The first kappa shape index (κ1) is 28.6. The predicted octanol–water partition coefficient (Wildman–Crippen LogP) is 6.06. The lowest BCUT2D eigenvalue weighted by Gasteiger charge is -2.37. The normalized spacial score (nSPS) is 18.9. The van der Waals surface area contributed by atoms with Gasteiger partial charge in [-0.15, -0.1) is 0 Å². The van der Waals surface area contributed by atoms with Gasteiger partial charge in [0.25, 0.3) is 5.91 Å². The number of anilines is 1. The zero-order chi connectivity index (χ0) is 28.2. The van der Waals surface area contributed by atoms with E-state index < -0.39 is 35.5 Å². The van der Waals surface area contributed by atoms with Gasteiger partial charge in [-0.05, 0) is 82.7 Å². The Morgan fingerprint density at radius 1 is 1.00 bits per heavy atom. The van der Waals surface area contributed by atoms with E-state index in [1.54, 1.807) is 26.8 Å². The highest BCUT2D eigenvalue weighted by Gasteiger charge is 2.43. The van der Waals surface area contributed by atoms with Crippen molar-refractivity contribution in [2.45, 2.75) is 96.4 Å². The number of hydrogen-bond acceptors (Lipinski definition) is 4. The van der Waals surface area contributed by atoms with Gasteiger partial charge in [0.15, 0.2) is 0 Å². The van der Waals surface area contributed by atoms with Gasteiger partial charge in [0, 0.05) is 18.3 Å². The molecule has 1 heterocycles. The topological polar surface area (TPSA) is 79.0 Å². The number of carbonyl (C=O) groups is 3. The molecule has 3 amide bonds. The molecule has 1 aliphatic heterocycles. The summed E-state index contributed by atoms with van der Waals surface area (Å²) in [5, 5.41) is 3.19. The number of rotatable bonds is 6. The maximum atomic E-state index is 14.6. The highest BCUT2D eigenvalue weighted by molar-refractivity contribution is 6.05. The van der Waals surface area contributed by atoms with Gasteiger partial charge in [-0.3, -0.25) is 19.4 Å². The molecule has 8 heteroatoms. The molecule has 39 heavy (non-hydrogen) atoms. The standard InChI is InChI=1S/C31H40FN3O4/c1-21-12-8-9-17-25(21)27(28(36)33-23-14-6-5-7-15-23)35(24-16-10-13-22(32)20-24)29(37)26-18-11-19-34(26)30(38)39-31(2,3)4/h8-10,12-13,16-17,20,23,26-27H,5-7,11,14-15,18-19H2,1-4H3,(H,33,36). The quantitative estimate of drug-likeness (QED) is 0.486. The first-order valence-electron chi connectivity index (χ1n) is 14.0. The molecule has 0 radical (unpaired) electrons. The molecular formula is C31H40FN3O4. The molecule has 1 N–H and O–H groups in total. The zero-order valence-corrected chi connectivity index (χ0v) is 23.4. The van der Waals surface area contributed by atoms with E-state index in [0.717, 1.165) is 37.7 Å². The second-order valence-electron chi connectivity index (χ2n) is 11.6. The molecule has 2 aliphatic rings. The van der Waals surface area contributed by atoms with E-state index in [1.807, 2.05) is 31.2 Å². The van der Waals surface area contributed by atoms with Crippen LogP contribution >= 0.6 is 0 Å². The van der Waals surface area contributed by atoms with Crippen molar-refractivity contribution in [2.24, 2.45) is 0 Å². The lowest BCUT2D eigenvalue weighted by molar-refractivity contribution is -0.129. The molecule has 2 aromatic carbocycles. The van der Waals surface area contributed by atoms with Crippen molar-refractivity contribution in [1.29, 1.82) is 0 Å². The van der Waals surface area contributed by atoms with Crippen molar-refractivity contribution >= 4 is 23.6 Å². The average Bonchev–Trinajstić information content (AvgIpc) is 3.37. The number of ether oxygens (including phenoxy) is 1. The summed E-state index contributed by atoms with van der Waals surface area (Å²) in [5.41, 5.74) is 1.04. The first-order valence-corrected chi connectivity index (χ1v) is 14.0. The number of benzene rings is 2. The smallest absolute Gasteiger partial charge is 0.410 e. The summed E-state index contributed by atoms with van der Waals surface area (Å²) >= 11 is 0. The Bertz CT molecular complexity index is 1190. The fraction of sp³-hybridized carbons (Fsp3) is 0.516. The van der Waals surface area contributed by atoms with Crippen LogP contribution in [0.2, 0.25) is 0 Å². The minimum atomic E-state index is -1.04. The van der Waals surface area contributed by atoms with Crippen LogP contribution in [0.15, 0.2) is 48.5 Å². The summed E-state index contributed by atoms with van der Waals surface area (Å²) in [6.07, 6.45) is 5.47. The van der Waals surface area contributed by atoms with Crippen LogP contribution in [-0.2, 0) is 14.3 Å². The minimum Gasteiger partial charge on any atom is -0.444 e. The van der Waals surface area contributed by atoms with Gasteiger partial charge in [0.1, 0.15) is 23.5 Å². The highest BCUT2D eigenvalue weighted by Crippen LogP contribution is 2.34. The lowest BCUT2D eigenvalue weighted by Crippen LogP contribution is -2.53. The van der Waals surface area contributed by atoms with Crippen molar-refractivity contribution in [3.8, 4) is 0 Å². The maximum absolute atomic E-state index is 14.6. The average molecular weight is 538 g/mol. The molecule has 2 fully saturated rings. The monoisotopic (exact) mass is 537 g/mol. The van der Waals surface area contributed by atoms with Gasteiger partial charge in [-0.25, -0.2) is 9.18 Å². The summed E-state index contributed by atoms with van der Waals surface area (Å²) in [6, 6.07) is 11.3. The summed E-state index contributed by atoms with van der Waals surface area (Å²) in [6.45, 7) is 7.60. The second-order valence-corrected chi connectivity index (χ2v) is 11.6. The highest BCUT2D eigenvalue weighted by atomic mass is 19.1. The molecular weight excluding hydrogens is 497 g/mol. The van der Waals surface area contributed by atoms with Gasteiger partial charge < -0.3 is 10.1 Å². The predicted molar refractivity (Wildman–Crippen MR) is 149 cm³/mol. The largest absolute Gasteiger partial charge is 0.444 e. The van der Waals surface area contributed by atoms with Gasteiger partial charge in [-0.1, -0.05) is 49.6 Å². The Hall–Kier alpha value is -3.42. The Kier molecular flexibility index (Phi) is 8.93. The summed E-state index contributed by atoms with van der Waals surface area (Å²) < 4.78 is 20.2. The zero-order valence-electron chi connectivity index (χ0n) is 23.4. The molecule has 0 aromatic heterocycles. The van der Waals surface area contributed by atoms with Gasteiger partial charge in [-0.2, -0.15) is 0 Å². The van der Waals surface area contributed by atoms with E-state index in [9.17, 15) is 18.8 Å². The fourth-order valence-electron chi connectivity index (χ4n) is 5.57. The van der Waals surface area contributed by atoms with Crippen LogP contribution in [0, 0.1) is 12.7 Å². The van der Waals surface area contributed by atoms with Crippen molar-refractivity contribution in [2.75, 3.05) is 11.4 Å². The molecule has 1 saturated carbocycles. The second kappa shape index (κ2) is 12.2. The number of nitrogens with one attached hydrogen (secondary N) is 1. The molecule has 2 aromatic rings. The fourth-order valence-corrected chi connectivity index (χ4v) is 5.57. The Morgan fingerprint density at radius 3 is 2.38 bits per heavy atom. The number of likely N-dealkylation sites (tertiary alicyclic amines) is 1. The Labute approximate surface area is 230 Å². The molecule has 1 saturated heterocycles. The van der Waals surface area contributed by atoms with E-state index in [1.165, 1.54) is 28.0 Å². The SMILES string of the molecule is Cc1ccccc1C(C(=O)NC1CCCCC1)N(C(=O)C1CCCN1C(=O)OC(C)(C)C)c1cccc(F)c1. The van der Waals surface area contributed by atoms with E-state index in [4.69, 9.17) is 4.74 Å². The summed E-state index contributed by atoms with van der Waals surface area (Å²) in [7, 11) is 0. The van der Waals surface area contributed by atoms with Crippen LogP contribution in [0.5, 0.6) is 0 Å². The molecule has 2 unspecified atom stereocenters. The number of aryl methyl sites for hydroxylation is 1. The Balaban J connectivity index is 1.77. The van der Waals surface area contributed by atoms with Gasteiger partial charge in [0.2, 0.25) is 5.91 Å². The van der Waals surface area contributed by atoms with Gasteiger partial charge in [0.05, 0.1) is 0 Å².